The first-order valence-electron chi connectivity index (χ1n) is 6.46. The molecule has 106 valence electrons. The third kappa shape index (κ3) is 3.28. The highest BCUT2D eigenvalue weighted by atomic mass is 19.4. The molecule has 0 aliphatic carbocycles. The van der Waals surface area contributed by atoms with E-state index in [9.17, 15) is 18.3 Å². The van der Waals surface area contributed by atoms with E-state index >= 15 is 0 Å². The molecular formula is C14H18F3NO. The van der Waals surface area contributed by atoms with Crippen LogP contribution in [0.5, 0.6) is 0 Å². The van der Waals surface area contributed by atoms with Gasteiger partial charge in [0.25, 0.3) is 0 Å². The average molecular weight is 273 g/mol. The van der Waals surface area contributed by atoms with E-state index < -0.39 is 17.8 Å². The van der Waals surface area contributed by atoms with Crippen molar-refractivity contribution in [1.29, 1.82) is 0 Å². The molecule has 0 aromatic heterocycles. The Morgan fingerprint density at radius 3 is 2.63 bits per heavy atom. The number of halogens is 3. The molecule has 0 bridgehead atoms. The van der Waals surface area contributed by atoms with Crippen molar-refractivity contribution in [3.8, 4) is 0 Å². The first-order valence-corrected chi connectivity index (χ1v) is 6.46. The normalized spacial score (nSPS) is 22.3. The maximum Gasteiger partial charge on any atom is 0.416 e. The Bertz CT molecular complexity index is 439. The lowest BCUT2D eigenvalue weighted by molar-refractivity contribution is -0.137. The summed E-state index contributed by atoms with van der Waals surface area (Å²) in [6.07, 6.45) is -3.15. The van der Waals surface area contributed by atoms with Crippen LogP contribution in [0.25, 0.3) is 0 Å². The molecule has 0 radical (unpaired) electrons. The molecule has 2 unspecified atom stereocenters. The molecule has 1 aliphatic rings. The van der Waals surface area contributed by atoms with Crippen molar-refractivity contribution in [2.24, 2.45) is 5.92 Å². The molecule has 0 saturated carbocycles. The average Bonchev–Trinajstić information content (AvgIpc) is 2.38. The number of aliphatic hydroxyl groups is 1. The molecule has 1 aliphatic heterocycles. The van der Waals surface area contributed by atoms with Crippen molar-refractivity contribution in [3.63, 3.8) is 0 Å². The summed E-state index contributed by atoms with van der Waals surface area (Å²) in [4.78, 5) is 0. The molecule has 1 aromatic carbocycles. The van der Waals surface area contributed by atoms with Crippen LogP contribution in [0.15, 0.2) is 18.2 Å². The number of aliphatic hydroxyl groups excluding tert-OH is 1. The van der Waals surface area contributed by atoms with Gasteiger partial charge >= 0.3 is 6.18 Å². The zero-order chi connectivity index (χ0) is 14.0. The molecule has 1 heterocycles. The van der Waals surface area contributed by atoms with Gasteiger partial charge in [0.1, 0.15) is 0 Å². The van der Waals surface area contributed by atoms with Crippen molar-refractivity contribution >= 4 is 0 Å². The van der Waals surface area contributed by atoms with Crippen molar-refractivity contribution in [3.05, 3.63) is 34.9 Å². The number of hydrogen-bond acceptors (Lipinski definition) is 2. The fraction of sp³-hybridized carbons (Fsp3) is 0.571. The fourth-order valence-corrected chi connectivity index (χ4v) is 2.59. The van der Waals surface area contributed by atoms with E-state index in [4.69, 9.17) is 0 Å². The first kappa shape index (κ1) is 14.3. The third-order valence-electron chi connectivity index (χ3n) is 3.70. The van der Waals surface area contributed by atoms with Gasteiger partial charge in [0.15, 0.2) is 0 Å². The Morgan fingerprint density at radius 1 is 1.37 bits per heavy atom. The highest BCUT2D eigenvalue weighted by Gasteiger charge is 2.31. The summed E-state index contributed by atoms with van der Waals surface area (Å²) in [6, 6.07) is 3.55. The number of hydrogen-bond donors (Lipinski definition) is 2. The van der Waals surface area contributed by atoms with Crippen LogP contribution in [-0.4, -0.2) is 18.2 Å². The number of alkyl halides is 3. The predicted molar refractivity (Wildman–Crippen MR) is 66.7 cm³/mol. The second-order valence-corrected chi connectivity index (χ2v) is 5.12. The minimum absolute atomic E-state index is 0.0733. The molecule has 2 N–H and O–H groups in total. The maximum atomic E-state index is 12.6. The Morgan fingerprint density at radius 2 is 2.11 bits per heavy atom. The number of nitrogens with one attached hydrogen (secondary N) is 1. The van der Waals surface area contributed by atoms with Crippen molar-refractivity contribution in [1.82, 2.24) is 5.32 Å². The van der Waals surface area contributed by atoms with E-state index in [0.717, 1.165) is 31.5 Å². The van der Waals surface area contributed by atoms with Crippen LogP contribution >= 0.6 is 0 Å². The standard InChI is InChI=1S/C14H18F3NO/c1-9-7-11(14(15,16)17)4-5-12(9)13(19)10-3-2-6-18-8-10/h4-5,7,10,13,18-19H,2-3,6,8H2,1H3. The van der Waals surface area contributed by atoms with Crippen LogP contribution < -0.4 is 5.32 Å². The van der Waals surface area contributed by atoms with E-state index in [-0.39, 0.29) is 5.92 Å². The lowest BCUT2D eigenvalue weighted by atomic mass is 9.87. The minimum Gasteiger partial charge on any atom is -0.388 e. The van der Waals surface area contributed by atoms with E-state index in [0.29, 0.717) is 17.7 Å². The Labute approximate surface area is 110 Å². The Kier molecular flexibility index (Phi) is 4.16. The molecule has 19 heavy (non-hydrogen) atoms. The first-order chi connectivity index (χ1) is 8.89. The van der Waals surface area contributed by atoms with Crippen LogP contribution in [0.2, 0.25) is 0 Å². The largest absolute Gasteiger partial charge is 0.416 e. The third-order valence-corrected chi connectivity index (χ3v) is 3.70. The van der Waals surface area contributed by atoms with E-state index in [1.165, 1.54) is 6.07 Å². The molecule has 0 amide bonds. The zero-order valence-corrected chi connectivity index (χ0v) is 10.8. The minimum atomic E-state index is -4.33. The highest BCUT2D eigenvalue weighted by Crippen LogP contribution is 2.34. The number of piperidine rings is 1. The lowest BCUT2D eigenvalue weighted by Crippen LogP contribution is -2.33. The van der Waals surface area contributed by atoms with E-state index in [1.807, 2.05) is 0 Å². The second-order valence-electron chi connectivity index (χ2n) is 5.12. The Hall–Kier alpha value is -1.07. The van der Waals surface area contributed by atoms with Crippen LogP contribution in [0.4, 0.5) is 13.2 Å². The molecule has 1 aromatic rings. The van der Waals surface area contributed by atoms with Gasteiger partial charge in [-0.1, -0.05) is 6.07 Å². The molecule has 2 rings (SSSR count). The fourth-order valence-electron chi connectivity index (χ4n) is 2.59. The monoisotopic (exact) mass is 273 g/mol. The van der Waals surface area contributed by atoms with Gasteiger partial charge < -0.3 is 10.4 Å². The summed E-state index contributed by atoms with van der Waals surface area (Å²) in [5.41, 5.74) is 0.428. The van der Waals surface area contributed by atoms with Crippen LogP contribution in [-0.2, 0) is 6.18 Å². The number of rotatable bonds is 2. The molecular weight excluding hydrogens is 255 g/mol. The lowest BCUT2D eigenvalue weighted by Gasteiger charge is -2.28. The van der Waals surface area contributed by atoms with E-state index in [2.05, 4.69) is 5.32 Å². The van der Waals surface area contributed by atoms with Crippen LogP contribution in [0.1, 0.15) is 35.6 Å². The van der Waals surface area contributed by atoms with Gasteiger partial charge in [-0.05, 0) is 49.6 Å². The van der Waals surface area contributed by atoms with Crippen molar-refractivity contribution in [2.45, 2.75) is 32.0 Å². The van der Waals surface area contributed by atoms with Crippen molar-refractivity contribution < 1.29 is 18.3 Å². The number of aryl methyl sites for hydroxylation is 1. The molecule has 2 nitrogen and oxygen atoms in total. The maximum absolute atomic E-state index is 12.6. The van der Waals surface area contributed by atoms with Gasteiger partial charge in [0.2, 0.25) is 0 Å². The molecule has 1 saturated heterocycles. The van der Waals surface area contributed by atoms with Crippen LogP contribution in [0, 0.1) is 12.8 Å². The molecule has 2 atom stereocenters. The summed E-state index contributed by atoms with van der Waals surface area (Å²) in [7, 11) is 0. The summed E-state index contributed by atoms with van der Waals surface area (Å²) >= 11 is 0. The second kappa shape index (κ2) is 5.51. The van der Waals surface area contributed by atoms with Gasteiger partial charge in [-0.3, -0.25) is 0 Å². The quantitative estimate of drug-likeness (QED) is 0.868. The smallest absolute Gasteiger partial charge is 0.388 e. The zero-order valence-electron chi connectivity index (χ0n) is 10.8. The topological polar surface area (TPSA) is 32.3 Å². The number of benzene rings is 1. The van der Waals surface area contributed by atoms with Gasteiger partial charge in [-0.25, -0.2) is 0 Å². The summed E-state index contributed by atoms with van der Waals surface area (Å²) in [6.45, 7) is 3.26. The summed E-state index contributed by atoms with van der Waals surface area (Å²) in [5, 5.41) is 13.5. The predicted octanol–water partition coefficient (Wildman–Crippen LogP) is 3.05. The molecule has 1 fully saturated rings. The molecule has 0 spiro atoms. The van der Waals surface area contributed by atoms with Crippen molar-refractivity contribution in [2.75, 3.05) is 13.1 Å². The molecule has 5 heteroatoms. The summed E-state index contributed by atoms with van der Waals surface area (Å²) < 4.78 is 37.7. The van der Waals surface area contributed by atoms with Gasteiger partial charge in [-0.2, -0.15) is 13.2 Å². The van der Waals surface area contributed by atoms with E-state index in [1.54, 1.807) is 6.92 Å². The SMILES string of the molecule is Cc1cc(C(F)(F)F)ccc1C(O)C1CCCNC1. The van der Waals surface area contributed by atoms with Gasteiger partial charge in [-0.15, -0.1) is 0 Å². The van der Waals surface area contributed by atoms with Crippen LogP contribution in [0.3, 0.4) is 0 Å². The summed E-state index contributed by atoms with van der Waals surface area (Å²) in [5.74, 6) is 0.0733. The Balaban J connectivity index is 2.20. The van der Waals surface area contributed by atoms with Gasteiger partial charge in [0, 0.05) is 12.5 Å². The highest BCUT2D eigenvalue weighted by molar-refractivity contribution is 5.34. The van der Waals surface area contributed by atoms with Gasteiger partial charge in [0.05, 0.1) is 11.7 Å².